The molecule has 0 saturated carbocycles. The lowest BCUT2D eigenvalue weighted by molar-refractivity contribution is 0.0957. The van der Waals surface area contributed by atoms with Gasteiger partial charge in [-0.2, -0.15) is 0 Å². The number of thiophene rings is 1. The van der Waals surface area contributed by atoms with E-state index in [1.54, 1.807) is 12.1 Å². The first-order chi connectivity index (χ1) is 7.49. The predicted molar refractivity (Wildman–Crippen MR) is 70.8 cm³/mol. The van der Waals surface area contributed by atoms with Gasteiger partial charge in [0.05, 0.1) is 14.6 Å². The van der Waals surface area contributed by atoms with Crippen molar-refractivity contribution in [1.29, 1.82) is 0 Å². The van der Waals surface area contributed by atoms with Crippen LogP contribution in [0.1, 0.15) is 29.9 Å². The van der Waals surface area contributed by atoms with Crippen LogP contribution in [-0.4, -0.2) is 17.8 Å². The number of carbonyl (C=O) groups is 1. The van der Waals surface area contributed by atoms with Gasteiger partial charge < -0.3 is 5.32 Å². The number of rotatable bonds is 5. The second-order valence-electron chi connectivity index (χ2n) is 4.04. The van der Waals surface area contributed by atoms with E-state index in [9.17, 15) is 4.79 Å². The Balaban J connectivity index is 2.35. The number of alkyl halides is 1. The minimum Gasteiger partial charge on any atom is -0.350 e. The molecule has 0 spiro atoms. The van der Waals surface area contributed by atoms with E-state index in [4.69, 9.17) is 23.2 Å². The average Bonchev–Trinajstić information content (AvgIpc) is 2.60. The van der Waals surface area contributed by atoms with Crippen LogP contribution >= 0.6 is 34.5 Å². The van der Waals surface area contributed by atoms with Crippen LogP contribution < -0.4 is 5.32 Å². The second kappa shape index (κ2) is 6.48. The van der Waals surface area contributed by atoms with Crippen LogP contribution in [0.3, 0.4) is 0 Å². The molecule has 0 saturated heterocycles. The fourth-order valence-electron chi connectivity index (χ4n) is 1.32. The normalized spacial score (nSPS) is 12.8. The van der Waals surface area contributed by atoms with Gasteiger partial charge >= 0.3 is 0 Å². The molecule has 0 aliphatic heterocycles. The van der Waals surface area contributed by atoms with Crippen molar-refractivity contribution < 1.29 is 4.79 Å². The minimum absolute atomic E-state index is 0.0145. The Kier molecular flexibility index (Phi) is 5.59. The molecule has 2 nitrogen and oxygen atoms in total. The van der Waals surface area contributed by atoms with Crippen molar-refractivity contribution in [3.8, 4) is 0 Å². The zero-order chi connectivity index (χ0) is 12.1. The Hall–Kier alpha value is -0.250. The van der Waals surface area contributed by atoms with Crippen molar-refractivity contribution in [3.05, 3.63) is 21.3 Å². The molecule has 0 aromatic carbocycles. The fourth-order valence-corrected chi connectivity index (χ4v) is 2.71. The highest BCUT2D eigenvalue weighted by Gasteiger charge is 2.12. The zero-order valence-corrected chi connectivity index (χ0v) is 11.6. The molecule has 1 aromatic heterocycles. The predicted octanol–water partition coefficient (Wildman–Crippen LogP) is 3.78. The number of nitrogens with one attached hydrogen (secondary N) is 1. The van der Waals surface area contributed by atoms with Crippen molar-refractivity contribution in [1.82, 2.24) is 5.32 Å². The van der Waals surface area contributed by atoms with E-state index in [0.29, 0.717) is 21.7 Å². The number of hydrogen-bond donors (Lipinski definition) is 1. The highest BCUT2D eigenvalue weighted by Crippen LogP contribution is 2.21. The van der Waals surface area contributed by atoms with Crippen molar-refractivity contribution in [2.45, 2.75) is 25.6 Å². The van der Waals surface area contributed by atoms with Crippen molar-refractivity contribution in [2.75, 3.05) is 6.54 Å². The Morgan fingerprint density at radius 3 is 2.69 bits per heavy atom. The number of hydrogen-bond acceptors (Lipinski definition) is 2. The van der Waals surface area contributed by atoms with Gasteiger partial charge in [-0.05, 0) is 24.5 Å². The Bertz CT molecular complexity index is 352. The maximum atomic E-state index is 11.6. The molecule has 0 radical (unpaired) electrons. The van der Waals surface area contributed by atoms with E-state index in [1.807, 2.05) is 0 Å². The summed E-state index contributed by atoms with van der Waals surface area (Å²) in [5, 5.41) is 2.78. The van der Waals surface area contributed by atoms with E-state index >= 15 is 0 Å². The number of carbonyl (C=O) groups excluding carboxylic acids is 1. The van der Waals surface area contributed by atoms with Crippen LogP contribution in [0.4, 0.5) is 0 Å². The quantitative estimate of drug-likeness (QED) is 0.817. The molecule has 1 N–H and O–H groups in total. The number of amides is 1. The van der Waals surface area contributed by atoms with E-state index in [2.05, 4.69) is 19.2 Å². The molecule has 0 aliphatic rings. The first-order valence-electron chi connectivity index (χ1n) is 5.16. The number of halogens is 2. The molecular formula is C11H15Cl2NOS. The first-order valence-corrected chi connectivity index (χ1v) is 6.79. The van der Waals surface area contributed by atoms with E-state index < -0.39 is 0 Å². The Morgan fingerprint density at radius 1 is 1.50 bits per heavy atom. The molecule has 16 heavy (non-hydrogen) atoms. The third-order valence-electron chi connectivity index (χ3n) is 2.01. The molecule has 0 fully saturated rings. The standard InChI is InChI=1S/C11H15Cl2NOS/c1-7(2)5-8(12)6-14-11(15)9-3-4-10(13)16-9/h3-4,7-8H,5-6H2,1-2H3,(H,14,15). The Morgan fingerprint density at radius 2 is 2.19 bits per heavy atom. The molecule has 1 amide bonds. The van der Waals surface area contributed by atoms with Gasteiger partial charge in [0.1, 0.15) is 0 Å². The van der Waals surface area contributed by atoms with Crippen molar-refractivity contribution in [3.63, 3.8) is 0 Å². The molecule has 1 unspecified atom stereocenters. The van der Waals surface area contributed by atoms with Crippen LogP contribution in [-0.2, 0) is 0 Å². The molecule has 90 valence electrons. The highest BCUT2D eigenvalue weighted by molar-refractivity contribution is 7.17. The first kappa shape index (κ1) is 13.8. The van der Waals surface area contributed by atoms with Gasteiger partial charge in [0.15, 0.2) is 0 Å². The van der Waals surface area contributed by atoms with Crippen LogP contribution in [0, 0.1) is 5.92 Å². The van der Waals surface area contributed by atoms with E-state index in [1.165, 1.54) is 11.3 Å². The van der Waals surface area contributed by atoms with Crippen LogP contribution in [0.15, 0.2) is 12.1 Å². The third kappa shape index (κ3) is 4.73. The summed E-state index contributed by atoms with van der Waals surface area (Å²) in [6.07, 6.45) is 0.896. The summed E-state index contributed by atoms with van der Waals surface area (Å²) in [6, 6.07) is 3.43. The second-order valence-corrected chi connectivity index (χ2v) is 6.37. The van der Waals surface area contributed by atoms with Gasteiger partial charge in [0.25, 0.3) is 5.91 Å². The molecular weight excluding hydrogens is 265 g/mol. The molecule has 5 heteroatoms. The van der Waals surface area contributed by atoms with Gasteiger partial charge in [-0.15, -0.1) is 22.9 Å². The third-order valence-corrected chi connectivity index (χ3v) is 3.57. The lowest BCUT2D eigenvalue weighted by atomic mass is 10.1. The highest BCUT2D eigenvalue weighted by atomic mass is 35.5. The molecule has 1 rings (SSSR count). The average molecular weight is 280 g/mol. The summed E-state index contributed by atoms with van der Waals surface area (Å²) in [5.74, 6) is 0.432. The van der Waals surface area contributed by atoms with Gasteiger partial charge in [0.2, 0.25) is 0 Å². The monoisotopic (exact) mass is 279 g/mol. The lowest BCUT2D eigenvalue weighted by Crippen LogP contribution is -2.29. The molecule has 1 heterocycles. The molecule has 0 aliphatic carbocycles. The largest absolute Gasteiger partial charge is 0.350 e. The van der Waals surface area contributed by atoms with E-state index in [0.717, 1.165) is 6.42 Å². The van der Waals surface area contributed by atoms with Crippen LogP contribution in [0.2, 0.25) is 4.34 Å². The van der Waals surface area contributed by atoms with Crippen molar-refractivity contribution in [2.24, 2.45) is 5.92 Å². The SMILES string of the molecule is CC(C)CC(Cl)CNC(=O)c1ccc(Cl)s1. The van der Waals surface area contributed by atoms with E-state index in [-0.39, 0.29) is 11.3 Å². The van der Waals surface area contributed by atoms with Gasteiger partial charge in [-0.1, -0.05) is 25.4 Å². The van der Waals surface area contributed by atoms with Gasteiger partial charge in [-0.25, -0.2) is 0 Å². The Labute approximate surface area is 110 Å². The van der Waals surface area contributed by atoms with Crippen LogP contribution in [0.5, 0.6) is 0 Å². The summed E-state index contributed by atoms with van der Waals surface area (Å²) >= 11 is 13.1. The van der Waals surface area contributed by atoms with Gasteiger partial charge in [-0.3, -0.25) is 4.79 Å². The summed E-state index contributed by atoms with van der Waals surface area (Å²) in [6.45, 7) is 4.71. The summed E-state index contributed by atoms with van der Waals surface area (Å²) in [5.41, 5.74) is 0. The lowest BCUT2D eigenvalue weighted by Gasteiger charge is -2.12. The molecule has 1 atom stereocenters. The molecule has 1 aromatic rings. The maximum Gasteiger partial charge on any atom is 0.261 e. The fraction of sp³-hybridized carbons (Fsp3) is 0.545. The van der Waals surface area contributed by atoms with Crippen molar-refractivity contribution >= 4 is 40.4 Å². The molecule has 0 bridgehead atoms. The van der Waals surface area contributed by atoms with Gasteiger partial charge in [0, 0.05) is 6.54 Å². The minimum atomic E-state index is -0.105. The topological polar surface area (TPSA) is 29.1 Å². The smallest absolute Gasteiger partial charge is 0.261 e. The summed E-state index contributed by atoms with van der Waals surface area (Å²) in [7, 11) is 0. The summed E-state index contributed by atoms with van der Waals surface area (Å²) in [4.78, 5) is 12.3. The maximum absolute atomic E-state index is 11.6. The van der Waals surface area contributed by atoms with Crippen LogP contribution in [0.25, 0.3) is 0 Å². The zero-order valence-electron chi connectivity index (χ0n) is 9.30. The summed E-state index contributed by atoms with van der Waals surface area (Å²) < 4.78 is 0.620.